The molecule has 0 fully saturated rings. The first-order valence-electron chi connectivity index (χ1n) is 8.61. The standard InChI is InChI=1S/C20H21N5O3/c1-13(26)15-5-7-16(8-6-15)23-20-24-19(12-22-25-20)21-11-14-4-9-17(27-2)18(10-14)28-3/h4-10,12H,11H2,1-3H3,(H2,21,23,24,25). The van der Waals surface area contributed by atoms with E-state index >= 15 is 0 Å². The highest BCUT2D eigenvalue weighted by Gasteiger charge is 2.06. The Balaban J connectivity index is 1.65. The number of methoxy groups -OCH3 is 2. The summed E-state index contributed by atoms with van der Waals surface area (Å²) in [6.45, 7) is 2.06. The second-order valence-corrected chi connectivity index (χ2v) is 5.97. The molecule has 0 amide bonds. The van der Waals surface area contributed by atoms with Gasteiger partial charge in [-0.1, -0.05) is 6.07 Å². The summed E-state index contributed by atoms with van der Waals surface area (Å²) in [5, 5.41) is 14.2. The number of nitrogens with one attached hydrogen (secondary N) is 2. The minimum Gasteiger partial charge on any atom is -0.493 e. The van der Waals surface area contributed by atoms with E-state index in [1.54, 1.807) is 44.7 Å². The van der Waals surface area contributed by atoms with E-state index in [1.165, 1.54) is 6.92 Å². The van der Waals surface area contributed by atoms with Crippen molar-refractivity contribution in [3.05, 3.63) is 59.8 Å². The SMILES string of the molecule is COc1ccc(CNc2cnnc(Nc3ccc(C(C)=O)cc3)n2)cc1OC. The molecule has 0 unspecified atom stereocenters. The first kappa shape index (κ1) is 19.1. The maximum atomic E-state index is 11.3. The van der Waals surface area contributed by atoms with Crippen molar-refractivity contribution in [1.29, 1.82) is 0 Å². The molecule has 28 heavy (non-hydrogen) atoms. The van der Waals surface area contributed by atoms with Crippen LogP contribution in [0.5, 0.6) is 11.5 Å². The van der Waals surface area contributed by atoms with Crippen LogP contribution in [-0.2, 0) is 6.54 Å². The number of hydrogen-bond acceptors (Lipinski definition) is 8. The number of benzene rings is 2. The molecule has 0 bridgehead atoms. The molecular weight excluding hydrogens is 358 g/mol. The summed E-state index contributed by atoms with van der Waals surface area (Å²) < 4.78 is 10.6. The molecule has 1 aromatic heterocycles. The summed E-state index contributed by atoms with van der Waals surface area (Å²) in [7, 11) is 3.20. The molecule has 2 aromatic carbocycles. The first-order chi connectivity index (χ1) is 13.6. The smallest absolute Gasteiger partial charge is 0.249 e. The lowest BCUT2D eigenvalue weighted by atomic mass is 10.1. The third kappa shape index (κ3) is 4.73. The quantitative estimate of drug-likeness (QED) is 0.574. The predicted molar refractivity (Wildman–Crippen MR) is 106 cm³/mol. The van der Waals surface area contributed by atoms with Crippen LogP contribution in [-0.4, -0.2) is 35.2 Å². The van der Waals surface area contributed by atoms with Crippen LogP contribution in [0.25, 0.3) is 0 Å². The lowest BCUT2D eigenvalue weighted by Crippen LogP contribution is -2.06. The highest BCUT2D eigenvalue weighted by atomic mass is 16.5. The molecule has 1 heterocycles. The van der Waals surface area contributed by atoms with Gasteiger partial charge in [-0.25, -0.2) is 0 Å². The van der Waals surface area contributed by atoms with Gasteiger partial charge in [0.25, 0.3) is 0 Å². The van der Waals surface area contributed by atoms with E-state index in [4.69, 9.17) is 9.47 Å². The fraction of sp³-hybridized carbons (Fsp3) is 0.200. The number of rotatable bonds is 8. The van der Waals surface area contributed by atoms with Crippen molar-refractivity contribution in [1.82, 2.24) is 15.2 Å². The van der Waals surface area contributed by atoms with Crippen molar-refractivity contribution in [2.45, 2.75) is 13.5 Å². The number of Topliss-reactive ketones (excluding diaryl/α,β-unsaturated/α-hetero) is 1. The maximum absolute atomic E-state index is 11.3. The molecule has 3 aromatic rings. The Morgan fingerprint density at radius 3 is 2.46 bits per heavy atom. The predicted octanol–water partition coefficient (Wildman–Crippen LogP) is 3.45. The summed E-state index contributed by atoms with van der Waals surface area (Å²) in [6.07, 6.45) is 1.55. The summed E-state index contributed by atoms with van der Waals surface area (Å²) >= 11 is 0. The van der Waals surface area contributed by atoms with Crippen molar-refractivity contribution >= 4 is 23.2 Å². The number of carbonyl (C=O) groups is 1. The van der Waals surface area contributed by atoms with Gasteiger partial charge in [0.1, 0.15) is 0 Å². The van der Waals surface area contributed by atoms with E-state index in [2.05, 4.69) is 25.8 Å². The Bertz CT molecular complexity index is 960. The summed E-state index contributed by atoms with van der Waals surface area (Å²) in [6, 6.07) is 12.8. The highest BCUT2D eigenvalue weighted by molar-refractivity contribution is 5.94. The second-order valence-electron chi connectivity index (χ2n) is 5.97. The first-order valence-corrected chi connectivity index (χ1v) is 8.61. The normalized spacial score (nSPS) is 10.2. The molecule has 0 saturated carbocycles. The molecule has 0 saturated heterocycles. The van der Waals surface area contributed by atoms with Crippen molar-refractivity contribution in [2.24, 2.45) is 0 Å². The molecule has 0 radical (unpaired) electrons. The Morgan fingerprint density at radius 1 is 1.04 bits per heavy atom. The van der Waals surface area contributed by atoms with Crippen LogP contribution < -0.4 is 20.1 Å². The fourth-order valence-electron chi connectivity index (χ4n) is 2.54. The number of aromatic nitrogens is 3. The third-order valence-electron chi connectivity index (χ3n) is 4.03. The van der Waals surface area contributed by atoms with E-state index in [-0.39, 0.29) is 5.78 Å². The Labute approximate surface area is 162 Å². The molecule has 2 N–H and O–H groups in total. The minimum absolute atomic E-state index is 0.0193. The molecule has 3 rings (SSSR count). The number of carbonyl (C=O) groups excluding carboxylic acids is 1. The van der Waals surface area contributed by atoms with Crippen molar-refractivity contribution in [3.8, 4) is 11.5 Å². The second kappa shape index (κ2) is 8.81. The van der Waals surface area contributed by atoms with E-state index < -0.39 is 0 Å². The van der Waals surface area contributed by atoms with Crippen molar-refractivity contribution < 1.29 is 14.3 Å². The van der Waals surface area contributed by atoms with Crippen molar-refractivity contribution in [2.75, 3.05) is 24.9 Å². The number of nitrogens with zero attached hydrogens (tertiary/aromatic N) is 3. The molecule has 0 atom stereocenters. The van der Waals surface area contributed by atoms with Gasteiger partial charge >= 0.3 is 0 Å². The Hall–Kier alpha value is -3.68. The van der Waals surface area contributed by atoms with Crippen LogP contribution >= 0.6 is 0 Å². The van der Waals surface area contributed by atoms with Gasteiger partial charge in [-0.05, 0) is 48.9 Å². The van der Waals surface area contributed by atoms with Gasteiger partial charge in [0.15, 0.2) is 23.1 Å². The number of anilines is 3. The van der Waals surface area contributed by atoms with Gasteiger partial charge in [0.2, 0.25) is 5.95 Å². The maximum Gasteiger partial charge on any atom is 0.249 e. The highest BCUT2D eigenvalue weighted by Crippen LogP contribution is 2.27. The molecule has 0 aliphatic rings. The summed E-state index contributed by atoms with van der Waals surface area (Å²) in [5.74, 6) is 2.29. The molecule has 144 valence electrons. The topological polar surface area (TPSA) is 98.3 Å². The van der Waals surface area contributed by atoms with E-state index in [0.29, 0.717) is 35.4 Å². The molecule has 8 nitrogen and oxygen atoms in total. The summed E-state index contributed by atoms with van der Waals surface area (Å²) in [5.41, 5.74) is 2.42. The van der Waals surface area contributed by atoms with Crippen LogP contribution in [0, 0.1) is 0 Å². The van der Waals surface area contributed by atoms with Crippen LogP contribution in [0.4, 0.5) is 17.5 Å². The van der Waals surface area contributed by atoms with Gasteiger partial charge in [0, 0.05) is 17.8 Å². The Morgan fingerprint density at radius 2 is 1.79 bits per heavy atom. The largest absolute Gasteiger partial charge is 0.493 e. The zero-order valence-electron chi connectivity index (χ0n) is 15.9. The molecule has 0 aliphatic heterocycles. The number of ether oxygens (including phenoxy) is 2. The lowest BCUT2D eigenvalue weighted by Gasteiger charge is -2.11. The van der Waals surface area contributed by atoms with Gasteiger partial charge in [0.05, 0.1) is 20.4 Å². The monoisotopic (exact) mass is 379 g/mol. The number of hydrogen-bond donors (Lipinski definition) is 2. The third-order valence-corrected chi connectivity index (χ3v) is 4.03. The zero-order valence-corrected chi connectivity index (χ0v) is 15.9. The number of ketones is 1. The van der Waals surface area contributed by atoms with Crippen LogP contribution in [0.15, 0.2) is 48.7 Å². The fourth-order valence-corrected chi connectivity index (χ4v) is 2.54. The van der Waals surface area contributed by atoms with Gasteiger partial charge < -0.3 is 20.1 Å². The van der Waals surface area contributed by atoms with Crippen LogP contribution in [0.3, 0.4) is 0 Å². The Kier molecular flexibility index (Phi) is 6.01. The van der Waals surface area contributed by atoms with Crippen molar-refractivity contribution in [3.63, 3.8) is 0 Å². The van der Waals surface area contributed by atoms with Gasteiger partial charge in [-0.3, -0.25) is 4.79 Å². The van der Waals surface area contributed by atoms with Gasteiger partial charge in [-0.2, -0.15) is 10.1 Å². The van der Waals surface area contributed by atoms with Crippen LogP contribution in [0.2, 0.25) is 0 Å². The average Bonchev–Trinajstić information content (AvgIpc) is 2.72. The zero-order chi connectivity index (χ0) is 19.9. The van der Waals surface area contributed by atoms with E-state index in [1.807, 2.05) is 18.2 Å². The molecule has 0 spiro atoms. The molecule has 0 aliphatic carbocycles. The van der Waals surface area contributed by atoms with Crippen LogP contribution in [0.1, 0.15) is 22.8 Å². The summed E-state index contributed by atoms with van der Waals surface area (Å²) in [4.78, 5) is 15.7. The molecular formula is C20H21N5O3. The van der Waals surface area contributed by atoms with Gasteiger partial charge in [-0.15, -0.1) is 5.10 Å². The lowest BCUT2D eigenvalue weighted by molar-refractivity contribution is 0.101. The van der Waals surface area contributed by atoms with E-state index in [0.717, 1.165) is 11.3 Å². The minimum atomic E-state index is 0.0193. The molecule has 8 heteroatoms. The average molecular weight is 379 g/mol. The van der Waals surface area contributed by atoms with E-state index in [9.17, 15) is 4.79 Å².